The van der Waals surface area contributed by atoms with Crippen molar-refractivity contribution < 1.29 is 13.9 Å². The number of hydrogen-bond donors (Lipinski definition) is 0. The lowest BCUT2D eigenvalue weighted by Gasteiger charge is -2.43. The van der Waals surface area contributed by atoms with Gasteiger partial charge in [-0.15, -0.1) is 5.54 Å². The summed E-state index contributed by atoms with van der Waals surface area (Å²) in [5.74, 6) is 4.61. The van der Waals surface area contributed by atoms with Gasteiger partial charge < -0.3 is 13.9 Å². The van der Waals surface area contributed by atoms with Gasteiger partial charge in [-0.2, -0.15) is 0 Å². The standard InChI is InChI=1S/C36H54O3Si2/c1-12-33-30(8)34(39-35(38-33)24-26-40(27(2)3,28(4)5)29(6)7)23-25-37-41(36(9,10)11,31-19-15-13-16-20-31)32-21-17-14-18-22-32/h12-22,27-30,34-35H,23,25H2,1-11H3/b33-12+/t30-,34-,35+/m1/s1. The Labute approximate surface area is 253 Å². The van der Waals surface area contributed by atoms with Gasteiger partial charge in [0.15, 0.2) is 0 Å². The second kappa shape index (κ2) is 13.9. The van der Waals surface area contributed by atoms with Crippen molar-refractivity contribution in [1.29, 1.82) is 0 Å². The van der Waals surface area contributed by atoms with Gasteiger partial charge in [-0.05, 0) is 57.4 Å². The summed E-state index contributed by atoms with van der Waals surface area (Å²) in [5, 5.41) is 2.54. The Morgan fingerprint density at radius 2 is 1.34 bits per heavy atom. The Hall–Kier alpha value is -2.11. The molecule has 0 aromatic heterocycles. The molecule has 2 aromatic carbocycles. The van der Waals surface area contributed by atoms with Crippen LogP contribution in [0.3, 0.4) is 0 Å². The van der Waals surface area contributed by atoms with Crippen LogP contribution < -0.4 is 10.4 Å². The molecule has 1 saturated heterocycles. The summed E-state index contributed by atoms with van der Waals surface area (Å²) in [6.45, 7) is 25.9. The molecule has 0 bridgehead atoms. The second-order valence-corrected chi connectivity index (χ2v) is 23.5. The lowest BCUT2D eigenvalue weighted by Crippen LogP contribution is -2.66. The monoisotopic (exact) mass is 590 g/mol. The third-order valence-electron chi connectivity index (χ3n) is 9.24. The Morgan fingerprint density at radius 1 is 0.854 bits per heavy atom. The Morgan fingerprint density at radius 3 is 1.76 bits per heavy atom. The van der Waals surface area contributed by atoms with E-state index in [1.807, 2.05) is 6.92 Å². The first-order chi connectivity index (χ1) is 19.3. The van der Waals surface area contributed by atoms with Crippen LogP contribution in [0.4, 0.5) is 0 Å². The van der Waals surface area contributed by atoms with E-state index in [-0.39, 0.29) is 17.1 Å². The lowest BCUT2D eigenvalue weighted by molar-refractivity contribution is -0.176. The molecule has 0 aliphatic carbocycles. The minimum Gasteiger partial charge on any atom is -0.458 e. The van der Waals surface area contributed by atoms with Gasteiger partial charge >= 0.3 is 0 Å². The summed E-state index contributed by atoms with van der Waals surface area (Å²) in [7, 11) is -4.49. The van der Waals surface area contributed by atoms with E-state index in [0.29, 0.717) is 23.2 Å². The largest absolute Gasteiger partial charge is 0.458 e. The molecule has 1 aliphatic rings. The molecule has 0 saturated carbocycles. The highest BCUT2D eigenvalue weighted by Crippen LogP contribution is 2.41. The zero-order valence-electron chi connectivity index (χ0n) is 27.5. The average Bonchev–Trinajstić information content (AvgIpc) is 2.92. The molecule has 1 aliphatic heterocycles. The van der Waals surface area contributed by atoms with Crippen molar-refractivity contribution in [3.05, 3.63) is 72.5 Å². The van der Waals surface area contributed by atoms with E-state index in [1.54, 1.807) is 0 Å². The molecule has 0 spiro atoms. The predicted octanol–water partition coefficient (Wildman–Crippen LogP) is 8.46. The van der Waals surface area contributed by atoms with Crippen molar-refractivity contribution in [2.75, 3.05) is 6.61 Å². The summed E-state index contributed by atoms with van der Waals surface area (Å²) < 4.78 is 20.1. The molecular weight excluding hydrogens is 537 g/mol. The molecule has 1 heterocycles. The number of hydrogen-bond acceptors (Lipinski definition) is 3. The summed E-state index contributed by atoms with van der Waals surface area (Å²) >= 11 is 0. The Bertz CT molecular complexity index is 1120. The maximum absolute atomic E-state index is 7.20. The van der Waals surface area contributed by atoms with E-state index in [9.17, 15) is 0 Å². The molecule has 41 heavy (non-hydrogen) atoms. The van der Waals surface area contributed by atoms with Gasteiger partial charge in [-0.25, -0.2) is 0 Å². The van der Waals surface area contributed by atoms with E-state index in [2.05, 4.69) is 147 Å². The zero-order chi connectivity index (χ0) is 30.4. The third kappa shape index (κ3) is 6.94. The highest BCUT2D eigenvalue weighted by molar-refractivity contribution is 6.99. The SMILES string of the molecule is C/C=C1/O[C@H](C#C[Si](C(C)C)(C(C)C)C(C)C)O[C@H](CCO[Si](c2ccccc2)(c2ccccc2)C(C)(C)C)[C@@H]1C. The topological polar surface area (TPSA) is 27.7 Å². The second-order valence-electron chi connectivity index (χ2n) is 13.6. The summed E-state index contributed by atoms with van der Waals surface area (Å²) in [6, 6.07) is 21.7. The van der Waals surface area contributed by atoms with Gasteiger partial charge in [0, 0.05) is 12.5 Å². The Balaban J connectivity index is 1.91. The predicted molar refractivity (Wildman–Crippen MR) is 180 cm³/mol. The van der Waals surface area contributed by atoms with Crippen LogP contribution in [0.2, 0.25) is 21.7 Å². The van der Waals surface area contributed by atoms with E-state index in [1.165, 1.54) is 10.4 Å². The fourth-order valence-corrected chi connectivity index (χ4v) is 17.0. The van der Waals surface area contributed by atoms with Crippen LogP contribution in [-0.4, -0.2) is 35.4 Å². The van der Waals surface area contributed by atoms with Gasteiger partial charge in [0.25, 0.3) is 14.6 Å². The van der Waals surface area contributed by atoms with E-state index < -0.39 is 22.7 Å². The first kappa shape index (κ1) is 33.4. The molecule has 224 valence electrons. The first-order valence-electron chi connectivity index (χ1n) is 15.6. The fourth-order valence-electron chi connectivity index (χ4n) is 7.14. The van der Waals surface area contributed by atoms with Crippen LogP contribution in [0.1, 0.15) is 82.6 Å². The summed E-state index contributed by atoms with van der Waals surface area (Å²) in [5.41, 5.74) is 5.50. The van der Waals surface area contributed by atoms with Crippen LogP contribution in [0.15, 0.2) is 72.5 Å². The molecular formula is C36H54O3Si2. The summed E-state index contributed by atoms with van der Waals surface area (Å²) in [6.07, 6.45) is 2.29. The molecule has 5 heteroatoms. The molecule has 3 atom stereocenters. The van der Waals surface area contributed by atoms with Crippen molar-refractivity contribution in [2.24, 2.45) is 5.92 Å². The molecule has 1 fully saturated rings. The number of rotatable bonds is 9. The highest BCUT2D eigenvalue weighted by atomic mass is 28.4. The maximum Gasteiger partial charge on any atom is 0.263 e. The third-order valence-corrected chi connectivity index (χ3v) is 20.6. The minimum absolute atomic E-state index is 0.0271. The average molecular weight is 591 g/mol. The van der Waals surface area contributed by atoms with Gasteiger partial charge in [0.2, 0.25) is 0 Å². The van der Waals surface area contributed by atoms with Crippen LogP contribution >= 0.6 is 0 Å². The zero-order valence-corrected chi connectivity index (χ0v) is 29.5. The minimum atomic E-state index is -2.60. The Kier molecular flexibility index (Phi) is 11.3. The van der Waals surface area contributed by atoms with Crippen LogP contribution in [-0.2, 0) is 13.9 Å². The van der Waals surface area contributed by atoms with E-state index in [4.69, 9.17) is 13.9 Å². The highest BCUT2D eigenvalue weighted by Gasteiger charge is 2.50. The van der Waals surface area contributed by atoms with Crippen molar-refractivity contribution in [3.63, 3.8) is 0 Å². The molecule has 0 N–H and O–H groups in total. The van der Waals surface area contributed by atoms with Gasteiger partial charge in [0.05, 0.1) is 6.10 Å². The molecule has 2 aromatic rings. The van der Waals surface area contributed by atoms with Gasteiger partial charge in [-0.1, -0.05) is 130 Å². The molecule has 0 radical (unpaired) electrons. The van der Waals surface area contributed by atoms with Crippen LogP contribution in [0.5, 0.6) is 0 Å². The van der Waals surface area contributed by atoms with Crippen LogP contribution in [0, 0.1) is 17.4 Å². The van der Waals surface area contributed by atoms with E-state index >= 15 is 0 Å². The van der Waals surface area contributed by atoms with Gasteiger partial charge in [-0.3, -0.25) is 0 Å². The maximum atomic E-state index is 7.20. The normalized spacial score (nSPS) is 21.2. The number of ether oxygens (including phenoxy) is 2. The van der Waals surface area contributed by atoms with Crippen molar-refractivity contribution in [1.82, 2.24) is 0 Å². The number of allylic oxidation sites excluding steroid dienone is 1. The molecule has 0 amide bonds. The summed E-state index contributed by atoms with van der Waals surface area (Å²) in [4.78, 5) is 0. The molecule has 0 unspecified atom stereocenters. The van der Waals surface area contributed by atoms with Crippen molar-refractivity contribution >= 4 is 26.8 Å². The smallest absolute Gasteiger partial charge is 0.263 e. The van der Waals surface area contributed by atoms with Gasteiger partial charge in [0.1, 0.15) is 13.8 Å². The van der Waals surface area contributed by atoms with Crippen LogP contribution in [0.25, 0.3) is 0 Å². The number of benzene rings is 2. The van der Waals surface area contributed by atoms with E-state index in [0.717, 1.165) is 12.2 Å². The lowest BCUT2D eigenvalue weighted by atomic mass is 9.98. The quantitative estimate of drug-likeness (QED) is 0.217. The molecule has 3 rings (SSSR count). The fraction of sp³-hybridized carbons (Fsp3) is 0.556. The van der Waals surface area contributed by atoms with Crippen molar-refractivity contribution in [3.8, 4) is 11.5 Å². The van der Waals surface area contributed by atoms with Crippen molar-refractivity contribution in [2.45, 2.75) is 117 Å². The first-order valence-corrected chi connectivity index (χ1v) is 19.7. The molecule has 3 nitrogen and oxygen atoms in total.